The summed E-state index contributed by atoms with van der Waals surface area (Å²) in [6.07, 6.45) is 3.39. The lowest BCUT2D eigenvalue weighted by Gasteiger charge is -2.37. The van der Waals surface area contributed by atoms with E-state index < -0.39 is 8.32 Å². The predicted octanol–water partition coefficient (Wildman–Crippen LogP) is 4.26. The molecule has 0 amide bonds. The van der Waals surface area contributed by atoms with Crippen LogP contribution in [0, 0.1) is 0 Å². The lowest BCUT2D eigenvalue weighted by atomic mass is 10.2. The highest BCUT2D eigenvalue weighted by Gasteiger charge is 2.40. The molecule has 0 aromatic rings. The van der Waals surface area contributed by atoms with Crippen molar-refractivity contribution in [2.75, 3.05) is 24.4 Å². The van der Waals surface area contributed by atoms with E-state index >= 15 is 0 Å². The van der Waals surface area contributed by atoms with Crippen LogP contribution in [0.1, 0.15) is 33.6 Å². The Morgan fingerprint density at radius 2 is 2.00 bits per heavy atom. The minimum atomic E-state index is -1.85. The van der Waals surface area contributed by atoms with Crippen molar-refractivity contribution in [3.8, 4) is 0 Å². The minimum absolute atomic E-state index is 0.0606. The number of allylic oxidation sites excluding steroid dienone is 1. The van der Waals surface area contributed by atoms with Crippen molar-refractivity contribution in [1.29, 1.82) is 0 Å². The maximum Gasteiger partial charge on any atom is 0.315 e. The molecule has 0 N–H and O–H groups in total. The van der Waals surface area contributed by atoms with Gasteiger partial charge >= 0.3 is 5.97 Å². The fraction of sp³-hybridized carbons (Fsp3) is 0.765. The quantitative estimate of drug-likeness (QED) is 0.333. The summed E-state index contributed by atoms with van der Waals surface area (Å²) in [5, 5.41) is 0.149. The molecule has 0 aromatic heterocycles. The molecular formula is C17H30O4S2Si. The molecular weight excluding hydrogens is 360 g/mol. The average Bonchev–Trinajstić information content (AvgIpc) is 2.80. The zero-order chi connectivity index (χ0) is 18.4. The molecule has 0 saturated carbocycles. The topological polar surface area (TPSA) is 52.6 Å². The lowest BCUT2D eigenvalue weighted by Crippen LogP contribution is -2.43. The van der Waals surface area contributed by atoms with Gasteiger partial charge in [0.1, 0.15) is 0 Å². The van der Waals surface area contributed by atoms with Gasteiger partial charge in [-0.2, -0.15) is 11.8 Å². The first-order valence-electron chi connectivity index (χ1n) is 8.27. The van der Waals surface area contributed by atoms with Crippen molar-refractivity contribution in [3.63, 3.8) is 0 Å². The number of carbonyl (C=O) groups excluding carboxylic acids is 2. The molecule has 0 radical (unpaired) electrons. The fourth-order valence-electron chi connectivity index (χ4n) is 1.92. The van der Waals surface area contributed by atoms with Crippen LogP contribution in [0.25, 0.3) is 0 Å². The Bertz CT molecular complexity index is 483. The largest absolute Gasteiger partial charge is 0.468 e. The van der Waals surface area contributed by atoms with Gasteiger partial charge in [-0.1, -0.05) is 20.8 Å². The molecule has 1 aliphatic rings. The minimum Gasteiger partial charge on any atom is -0.468 e. The van der Waals surface area contributed by atoms with Crippen LogP contribution < -0.4 is 0 Å². The summed E-state index contributed by atoms with van der Waals surface area (Å²) in [7, 11) is -0.444. The van der Waals surface area contributed by atoms with Crippen LogP contribution in [-0.4, -0.2) is 50.5 Å². The van der Waals surface area contributed by atoms with Crippen LogP contribution in [0.3, 0.4) is 0 Å². The fourth-order valence-corrected chi connectivity index (χ4v) is 5.14. The normalized spacial score (nSPS) is 18.7. The van der Waals surface area contributed by atoms with Crippen molar-refractivity contribution in [2.24, 2.45) is 0 Å². The molecule has 1 rings (SSSR count). The van der Waals surface area contributed by atoms with Gasteiger partial charge in [-0.3, -0.25) is 9.59 Å². The van der Waals surface area contributed by atoms with E-state index in [-0.39, 0.29) is 22.9 Å². The third kappa shape index (κ3) is 6.94. The second-order valence-corrected chi connectivity index (χ2v) is 14.4. The summed E-state index contributed by atoms with van der Waals surface area (Å²) in [5.74, 6) is 2.19. The molecule has 0 aliphatic heterocycles. The van der Waals surface area contributed by atoms with Crippen molar-refractivity contribution in [2.45, 2.75) is 57.8 Å². The number of ether oxygens (including phenoxy) is 1. The molecule has 0 aromatic carbocycles. The van der Waals surface area contributed by atoms with Gasteiger partial charge in [0.05, 0.1) is 19.0 Å². The zero-order valence-corrected chi connectivity index (χ0v) is 18.3. The summed E-state index contributed by atoms with van der Waals surface area (Å²) < 4.78 is 10.9. The molecule has 1 aliphatic carbocycles. The first-order valence-corrected chi connectivity index (χ1v) is 13.3. The number of thioether (sulfide) groups is 2. The highest BCUT2D eigenvalue weighted by Crippen LogP contribution is 2.39. The number of esters is 1. The van der Waals surface area contributed by atoms with Crippen molar-refractivity contribution in [1.82, 2.24) is 0 Å². The van der Waals surface area contributed by atoms with Gasteiger partial charge in [-0.05, 0) is 42.1 Å². The monoisotopic (exact) mass is 390 g/mol. The van der Waals surface area contributed by atoms with Crippen molar-refractivity contribution < 1.29 is 18.8 Å². The molecule has 24 heavy (non-hydrogen) atoms. The number of Topliss-reactive ketones (excluding diaryl/α,β-unsaturated/α-hetero) is 1. The van der Waals surface area contributed by atoms with Crippen molar-refractivity contribution >= 4 is 43.6 Å². The summed E-state index contributed by atoms with van der Waals surface area (Å²) >= 11 is 3.18. The standard InChI is InChI=1S/C17H30O4S2Si/c1-17(2,3)24(5,6)21-13-10-14(18)15(11-13)23-9-7-8-22-12-16(19)20-4/h11,13H,7-10,12H2,1-6H3/t13-/m0/s1. The Balaban J connectivity index is 2.36. The Morgan fingerprint density at radius 1 is 1.33 bits per heavy atom. The highest BCUT2D eigenvalue weighted by molar-refractivity contribution is 8.04. The molecule has 0 unspecified atom stereocenters. The Kier molecular flexibility index (Phi) is 8.59. The molecule has 0 bridgehead atoms. The van der Waals surface area contributed by atoms with Gasteiger partial charge in [0.15, 0.2) is 14.1 Å². The summed E-state index contributed by atoms with van der Waals surface area (Å²) in [6, 6.07) is 0. The van der Waals surface area contributed by atoms with E-state index in [1.165, 1.54) is 7.11 Å². The van der Waals surface area contributed by atoms with Gasteiger partial charge in [0.25, 0.3) is 0 Å². The second kappa shape index (κ2) is 9.45. The number of hydrogen-bond acceptors (Lipinski definition) is 6. The first kappa shape index (κ1) is 21.8. The van der Waals surface area contributed by atoms with Crippen LogP contribution in [0.4, 0.5) is 0 Å². The smallest absolute Gasteiger partial charge is 0.315 e. The summed E-state index contributed by atoms with van der Waals surface area (Å²) in [5.41, 5.74) is 0. The van der Waals surface area contributed by atoms with E-state index in [0.29, 0.717) is 12.2 Å². The van der Waals surface area contributed by atoms with Gasteiger partial charge in [-0.25, -0.2) is 0 Å². The van der Waals surface area contributed by atoms with Crippen LogP contribution in [0.5, 0.6) is 0 Å². The van der Waals surface area contributed by atoms with Gasteiger partial charge < -0.3 is 9.16 Å². The molecule has 138 valence electrons. The number of rotatable bonds is 9. The summed E-state index contributed by atoms with van der Waals surface area (Å²) in [4.78, 5) is 24.0. The molecule has 1 atom stereocenters. The molecule has 0 heterocycles. The Morgan fingerprint density at radius 3 is 2.58 bits per heavy atom. The number of hydrogen-bond donors (Lipinski definition) is 0. The van der Waals surface area contributed by atoms with E-state index in [9.17, 15) is 9.59 Å². The molecule has 4 nitrogen and oxygen atoms in total. The molecule has 7 heteroatoms. The van der Waals surface area contributed by atoms with Crippen LogP contribution in [0.15, 0.2) is 11.0 Å². The number of ketones is 1. The molecule has 0 spiro atoms. The van der Waals surface area contributed by atoms with Crippen molar-refractivity contribution in [3.05, 3.63) is 11.0 Å². The van der Waals surface area contributed by atoms with Gasteiger partial charge in [0.2, 0.25) is 0 Å². The third-order valence-corrected chi connectivity index (χ3v) is 11.1. The molecule has 0 fully saturated rings. The predicted molar refractivity (Wildman–Crippen MR) is 106 cm³/mol. The first-order chi connectivity index (χ1) is 11.1. The van der Waals surface area contributed by atoms with E-state index in [1.807, 2.05) is 6.08 Å². The zero-order valence-electron chi connectivity index (χ0n) is 15.6. The molecule has 0 saturated heterocycles. The van der Waals surface area contributed by atoms with Gasteiger partial charge in [0, 0.05) is 11.3 Å². The maximum atomic E-state index is 12.1. The number of methoxy groups -OCH3 is 1. The van der Waals surface area contributed by atoms with E-state index in [4.69, 9.17) is 4.43 Å². The van der Waals surface area contributed by atoms with E-state index in [1.54, 1.807) is 23.5 Å². The average molecular weight is 391 g/mol. The third-order valence-electron chi connectivity index (χ3n) is 4.39. The maximum absolute atomic E-state index is 12.1. The summed E-state index contributed by atoms with van der Waals surface area (Å²) in [6.45, 7) is 11.1. The van der Waals surface area contributed by atoms with Crippen LogP contribution in [0.2, 0.25) is 18.1 Å². The second-order valence-electron chi connectivity index (χ2n) is 7.41. The van der Waals surface area contributed by atoms with E-state index in [2.05, 4.69) is 38.6 Å². The van der Waals surface area contributed by atoms with Gasteiger partial charge in [-0.15, -0.1) is 11.8 Å². The lowest BCUT2D eigenvalue weighted by molar-refractivity contribution is -0.137. The Hall–Kier alpha value is -0.243. The number of carbonyl (C=O) groups is 2. The SMILES string of the molecule is COC(=O)CSCCCSC1=C[C@@H](O[Si](C)(C)C(C)(C)C)CC1=O. The van der Waals surface area contributed by atoms with Crippen LogP contribution >= 0.6 is 23.5 Å². The highest BCUT2D eigenvalue weighted by atomic mass is 32.2. The van der Waals surface area contributed by atoms with E-state index in [0.717, 1.165) is 22.8 Å². The Labute approximate surface area is 155 Å². The van der Waals surface area contributed by atoms with Crippen LogP contribution in [-0.2, 0) is 18.8 Å².